The van der Waals surface area contributed by atoms with Gasteiger partial charge in [-0.25, -0.2) is 4.39 Å². The van der Waals surface area contributed by atoms with Crippen molar-refractivity contribution < 1.29 is 9.18 Å². The number of aromatic nitrogens is 3. The molecule has 6 heteroatoms. The molecule has 0 bridgehead atoms. The SMILES string of the molecule is Cc1cc(CN2C(=O)Cc3ncc(-c4ccc(F)cc4)cc32)nn1C. The van der Waals surface area contributed by atoms with Crippen LogP contribution in [-0.2, 0) is 24.8 Å². The number of fused-ring (bicyclic) bond motifs is 1. The molecule has 2 aromatic heterocycles. The van der Waals surface area contributed by atoms with E-state index in [1.807, 2.05) is 26.1 Å². The largest absolute Gasteiger partial charge is 0.304 e. The van der Waals surface area contributed by atoms with E-state index in [0.29, 0.717) is 13.0 Å². The summed E-state index contributed by atoms with van der Waals surface area (Å²) in [5.74, 6) is -0.262. The summed E-state index contributed by atoms with van der Waals surface area (Å²) in [5, 5.41) is 4.43. The Morgan fingerprint density at radius 3 is 2.60 bits per heavy atom. The van der Waals surface area contributed by atoms with E-state index in [2.05, 4.69) is 10.1 Å². The van der Waals surface area contributed by atoms with Crippen molar-refractivity contribution in [3.05, 3.63) is 65.5 Å². The van der Waals surface area contributed by atoms with Crippen molar-refractivity contribution in [3.63, 3.8) is 0 Å². The number of carbonyl (C=O) groups is 1. The molecule has 0 aliphatic carbocycles. The third-order valence-electron chi connectivity index (χ3n) is 4.52. The molecular weight excluding hydrogens is 319 g/mol. The Bertz CT molecular complexity index is 943. The minimum Gasteiger partial charge on any atom is -0.304 e. The second-order valence-electron chi connectivity index (χ2n) is 6.25. The van der Waals surface area contributed by atoms with E-state index in [-0.39, 0.29) is 11.7 Å². The Morgan fingerprint density at radius 2 is 1.92 bits per heavy atom. The summed E-state index contributed by atoms with van der Waals surface area (Å²) >= 11 is 0. The fourth-order valence-corrected chi connectivity index (χ4v) is 3.07. The fraction of sp³-hybridized carbons (Fsp3) is 0.211. The van der Waals surface area contributed by atoms with Crippen LogP contribution in [0.2, 0.25) is 0 Å². The summed E-state index contributed by atoms with van der Waals surface area (Å²) in [4.78, 5) is 18.6. The van der Waals surface area contributed by atoms with E-state index < -0.39 is 0 Å². The van der Waals surface area contributed by atoms with Crippen molar-refractivity contribution in [2.45, 2.75) is 19.9 Å². The topological polar surface area (TPSA) is 51.0 Å². The molecule has 3 aromatic rings. The number of hydrogen-bond donors (Lipinski definition) is 0. The number of amides is 1. The second kappa shape index (κ2) is 5.81. The fourth-order valence-electron chi connectivity index (χ4n) is 3.07. The van der Waals surface area contributed by atoms with Gasteiger partial charge in [0, 0.05) is 24.5 Å². The van der Waals surface area contributed by atoms with Crippen LogP contribution in [0.15, 0.2) is 42.6 Å². The normalized spacial score (nSPS) is 13.4. The van der Waals surface area contributed by atoms with Crippen LogP contribution < -0.4 is 4.90 Å². The Balaban J connectivity index is 1.69. The molecule has 25 heavy (non-hydrogen) atoms. The summed E-state index contributed by atoms with van der Waals surface area (Å²) in [6, 6.07) is 10.2. The van der Waals surface area contributed by atoms with E-state index in [1.54, 1.807) is 27.9 Å². The number of hydrogen-bond acceptors (Lipinski definition) is 3. The lowest BCUT2D eigenvalue weighted by atomic mass is 10.1. The third-order valence-corrected chi connectivity index (χ3v) is 4.52. The van der Waals surface area contributed by atoms with Gasteiger partial charge in [-0.15, -0.1) is 0 Å². The summed E-state index contributed by atoms with van der Waals surface area (Å²) in [7, 11) is 1.88. The van der Waals surface area contributed by atoms with Gasteiger partial charge in [0.05, 0.1) is 30.0 Å². The molecule has 0 radical (unpaired) electrons. The van der Waals surface area contributed by atoms with Crippen LogP contribution in [0.4, 0.5) is 10.1 Å². The highest BCUT2D eigenvalue weighted by Gasteiger charge is 2.29. The standard InChI is InChI=1S/C19H17FN4O/c1-12-7-16(22-23(12)2)11-24-18-8-14(10-21-17(18)9-19(24)25)13-3-5-15(20)6-4-13/h3-8,10H,9,11H2,1-2H3. The van der Waals surface area contributed by atoms with Gasteiger partial charge in [0.25, 0.3) is 0 Å². The van der Waals surface area contributed by atoms with Crippen LogP contribution >= 0.6 is 0 Å². The van der Waals surface area contributed by atoms with Crippen molar-refractivity contribution in [3.8, 4) is 11.1 Å². The van der Waals surface area contributed by atoms with Gasteiger partial charge in [0.2, 0.25) is 5.91 Å². The average Bonchev–Trinajstić information content (AvgIpc) is 3.07. The van der Waals surface area contributed by atoms with E-state index in [9.17, 15) is 9.18 Å². The number of rotatable bonds is 3. The molecule has 1 aromatic carbocycles. The molecule has 0 spiro atoms. The quantitative estimate of drug-likeness (QED) is 0.739. The van der Waals surface area contributed by atoms with Crippen molar-refractivity contribution in [2.75, 3.05) is 4.90 Å². The molecule has 0 fully saturated rings. The minimum absolute atomic E-state index is 0.0158. The van der Waals surface area contributed by atoms with Gasteiger partial charge in [0.1, 0.15) is 5.82 Å². The van der Waals surface area contributed by atoms with Crippen molar-refractivity contribution in [1.82, 2.24) is 14.8 Å². The number of aryl methyl sites for hydroxylation is 2. The minimum atomic E-state index is -0.278. The zero-order chi connectivity index (χ0) is 17.6. The van der Waals surface area contributed by atoms with Crippen LogP contribution in [0, 0.1) is 12.7 Å². The van der Waals surface area contributed by atoms with E-state index in [1.165, 1.54) is 12.1 Å². The Hall–Kier alpha value is -3.02. The zero-order valence-corrected chi connectivity index (χ0v) is 14.0. The monoisotopic (exact) mass is 336 g/mol. The Kier molecular flexibility index (Phi) is 3.60. The molecule has 5 nitrogen and oxygen atoms in total. The van der Waals surface area contributed by atoms with Crippen molar-refractivity contribution in [2.24, 2.45) is 7.05 Å². The maximum Gasteiger partial charge on any atom is 0.233 e. The van der Waals surface area contributed by atoms with Gasteiger partial charge in [-0.3, -0.25) is 14.5 Å². The smallest absolute Gasteiger partial charge is 0.233 e. The first-order valence-electron chi connectivity index (χ1n) is 8.06. The average molecular weight is 336 g/mol. The Morgan fingerprint density at radius 1 is 1.16 bits per heavy atom. The summed E-state index contributed by atoms with van der Waals surface area (Å²) in [6.45, 7) is 2.40. The van der Waals surface area contributed by atoms with Crippen molar-refractivity contribution >= 4 is 11.6 Å². The maximum absolute atomic E-state index is 13.1. The lowest BCUT2D eigenvalue weighted by Gasteiger charge is -2.16. The highest BCUT2D eigenvalue weighted by molar-refractivity contribution is 6.01. The van der Waals surface area contributed by atoms with Gasteiger partial charge in [0.15, 0.2) is 0 Å². The van der Waals surface area contributed by atoms with Crippen LogP contribution in [0.5, 0.6) is 0 Å². The first-order valence-corrected chi connectivity index (χ1v) is 8.06. The number of halogens is 1. The van der Waals surface area contributed by atoms with Gasteiger partial charge in [-0.2, -0.15) is 5.10 Å². The number of benzene rings is 1. The highest BCUT2D eigenvalue weighted by atomic mass is 19.1. The highest BCUT2D eigenvalue weighted by Crippen LogP contribution is 2.32. The van der Waals surface area contributed by atoms with E-state index in [0.717, 1.165) is 33.9 Å². The molecule has 4 rings (SSSR count). The van der Waals surface area contributed by atoms with Crippen LogP contribution in [0.25, 0.3) is 11.1 Å². The number of nitrogens with zero attached hydrogens (tertiary/aromatic N) is 4. The second-order valence-corrected chi connectivity index (χ2v) is 6.25. The predicted octanol–water partition coefficient (Wildman–Crippen LogP) is 3.02. The molecule has 1 aliphatic rings. The van der Waals surface area contributed by atoms with E-state index >= 15 is 0 Å². The van der Waals surface area contributed by atoms with Crippen LogP contribution in [0.3, 0.4) is 0 Å². The van der Waals surface area contributed by atoms with Gasteiger partial charge < -0.3 is 4.90 Å². The van der Waals surface area contributed by atoms with E-state index in [4.69, 9.17) is 0 Å². The van der Waals surface area contributed by atoms with Crippen molar-refractivity contribution in [1.29, 1.82) is 0 Å². The molecule has 0 atom stereocenters. The van der Waals surface area contributed by atoms with Crippen LogP contribution in [-0.4, -0.2) is 20.7 Å². The lowest BCUT2D eigenvalue weighted by Crippen LogP contribution is -2.26. The molecule has 0 saturated heterocycles. The lowest BCUT2D eigenvalue weighted by molar-refractivity contribution is -0.117. The first-order chi connectivity index (χ1) is 12.0. The predicted molar refractivity (Wildman–Crippen MR) is 92.5 cm³/mol. The number of pyridine rings is 1. The maximum atomic E-state index is 13.1. The van der Waals surface area contributed by atoms with Gasteiger partial charge in [-0.1, -0.05) is 12.1 Å². The molecule has 3 heterocycles. The number of anilines is 1. The molecule has 1 amide bonds. The molecule has 0 unspecified atom stereocenters. The van der Waals surface area contributed by atoms with Gasteiger partial charge in [-0.05, 0) is 36.8 Å². The molecule has 0 N–H and O–H groups in total. The summed E-state index contributed by atoms with van der Waals surface area (Å²) < 4.78 is 14.9. The zero-order valence-electron chi connectivity index (χ0n) is 14.0. The first kappa shape index (κ1) is 15.5. The third kappa shape index (κ3) is 2.80. The number of carbonyl (C=O) groups excluding carboxylic acids is 1. The molecule has 0 saturated carbocycles. The summed E-state index contributed by atoms with van der Waals surface area (Å²) in [5.41, 5.74) is 5.17. The Labute approximate surface area is 144 Å². The molecular formula is C19H17FN4O. The molecule has 126 valence electrons. The molecule has 1 aliphatic heterocycles. The van der Waals surface area contributed by atoms with Gasteiger partial charge >= 0.3 is 0 Å². The van der Waals surface area contributed by atoms with Crippen LogP contribution in [0.1, 0.15) is 17.1 Å². The summed E-state index contributed by atoms with van der Waals surface area (Å²) in [6.07, 6.45) is 2.03.